The molecule has 0 fully saturated rings. The molecule has 0 bridgehead atoms. The monoisotopic (exact) mass is 292 g/mol. The van der Waals surface area contributed by atoms with E-state index in [1.165, 1.54) is 16.7 Å². The Morgan fingerprint density at radius 1 is 0.850 bits per heavy atom. The van der Waals surface area contributed by atoms with Crippen LogP contribution in [-0.2, 0) is 5.41 Å². The standard InChI is InChI=1S/C18H32OSi/c1-13-11-15(17(3,4)5)12-14(2)16(13)19-20(9,10)18(6,7)8/h11-12H,1-10H3. The molecule has 0 heterocycles. The van der Waals surface area contributed by atoms with Gasteiger partial charge in [-0.1, -0.05) is 53.7 Å². The fourth-order valence-corrected chi connectivity index (χ4v) is 3.09. The van der Waals surface area contributed by atoms with Gasteiger partial charge in [-0.25, -0.2) is 0 Å². The van der Waals surface area contributed by atoms with Gasteiger partial charge in [0.25, 0.3) is 8.32 Å². The average molecular weight is 293 g/mol. The maximum absolute atomic E-state index is 6.53. The van der Waals surface area contributed by atoms with Gasteiger partial charge in [0.1, 0.15) is 5.75 Å². The first-order chi connectivity index (χ1) is 8.75. The van der Waals surface area contributed by atoms with Crippen molar-refractivity contribution in [1.82, 2.24) is 0 Å². The van der Waals surface area contributed by atoms with Gasteiger partial charge in [0.05, 0.1) is 0 Å². The largest absolute Gasteiger partial charge is 0.543 e. The molecule has 0 atom stereocenters. The maximum atomic E-state index is 6.53. The lowest BCUT2D eigenvalue weighted by Crippen LogP contribution is -2.44. The minimum Gasteiger partial charge on any atom is -0.543 e. The molecule has 1 aromatic carbocycles. The zero-order valence-corrected chi connectivity index (χ0v) is 16.1. The highest BCUT2D eigenvalue weighted by atomic mass is 28.4. The van der Waals surface area contributed by atoms with E-state index in [1.807, 2.05) is 0 Å². The Hall–Kier alpha value is -0.763. The molecule has 1 aromatic rings. The van der Waals surface area contributed by atoms with Crippen molar-refractivity contribution >= 4 is 8.32 Å². The van der Waals surface area contributed by atoms with Crippen molar-refractivity contribution in [3.63, 3.8) is 0 Å². The minimum absolute atomic E-state index is 0.186. The molecule has 0 N–H and O–H groups in total. The second-order valence-electron chi connectivity index (χ2n) is 8.55. The molecule has 0 saturated heterocycles. The molecule has 114 valence electrons. The van der Waals surface area contributed by atoms with E-state index < -0.39 is 8.32 Å². The normalized spacial score (nSPS) is 13.5. The van der Waals surface area contributed by atoms with Crippen molar-refractivity contribution in [3.8, 4) is 5.75 Å². The van der Waals surface area contributed by atoms with E-state index in [2.05, 4.69) is 80.6 Å². The fraction of sp³-hybridized carbons (Fsp3) is 0.667. The Morgan fingerprint density at radius 3 is 1.55 bits per heavy atom. The first-order valence-electron chi connectivity index (χ1n) is 7.56. The van der Waals surface area contributed by atoms with Crippen LogP contribution in [0.2, 0.25) is 18.1 Å². The molecule has 0 spiro atoms. The van der Waals surface area contributed by atoms with Crippen LogP contribution in [0.3, 0.4) is 0 Å². The Balaban J connectivity index is 3.23. The number of rotatable bonds is 2. The molecule has 0 amide bonds. The highest BCUT2D eigenvalue weighted by molar-refractivity contribution is 6.74. The predicted octanol–water partition coefficient (Wildman–Crippen LogP) is 5.98. The van der Waals surface area contributed by atoms with Gasteiger partial charge in [-0.3, -0.25) is 0 Å². The van der Waals surface area contributed by atoms with E-state index in [1.54, 1.807) is 0 Å². The van der Waals surface area contributed by atoms with Gasteiger partial charge < -0.3 is 4.43 Å². The third-order valence-electron chi connectivity index (χ3n) is 4.49. The van der Waals surface area contributed by atoms with Gasteiger partial charge in [-0.15, -0.1) is 0 Å². The van der Waals surface area contributed by atoms with Gasteiger partial charge in [0.2, 0.25) is 0 Å². The molecule has 0 aliphatic carbocycles. The van der Waals surface area contributed by atoms with Crippen molar-refractivity contribution in [2.45, 2.75) is 78.9 Å². The third-order valence-corrected chi connectivity index (χ3v) is 8.82. The Bertz CT molecular complexity index is 464. The van der Waals surface area contributed by atoms with Crippen LogP contribution in [0.5, 0.6) is 5.75 Å². The average Bonchev–Trinajstić information content (AvgIpc) is 2.20. The Kier molecular flexibility index (Phi) is 4.51. The van der Waals surface area contributed by atoms with Crippen LogP contribution < -0.4 is 4.43 Å². The summed E-state index contributed by atoms with van der Waals surface area (Å²) in [5.74, 6) is 1.10. The van der Waals surface area contributed by atoms with Crippen LogP contribution >= 0.6 is 0 Å². The molecule has 1 nitrogen and oxygen atoms in total. The summed E-state index contributed by atoms with van der Waals surface area (Å²) in [6.45, 7) is 22.6. The summed E-state index contributed by atoms with van der Waals surface area (Å²) in [5.41, 5.74) is 4.10. The molecule has 0 saturated carbocycles. The van der Waals surface area contributed by atoms with Crippen molar-refractivity contribution < 1.29 is 4.43 Å². The lowest BCUT2D eigenvalue weighted by Gasteiger charge is -2.37. The van der Waals surface area contributed by atoms with Gasteiger partial charge in [-0.2, -0.15) is 0 Å². The van der Waals surface area contributed by atoms with Crippen molar-refractivity contribution in [1.29, 1.82) is 0 Å². The number of hydrogen-bond donors (Lipinski definition) is 0. The van der Waals surface area contributed by atoms with Crippen LogP contribution in [0, 0.1) is 13.8 Å². The second-order valence-corrected chi connectivity index (χ2v) is 13.3. The van der Waals surface area contributed by atoms with Crippen LogP contribution in [0.1, 0.15) is 58.2 Å². The summed E-state index contributed by atoms with van der Waals surface area (Å²) < 4.78 is 6.53. The number of benzene rings is 1. The zero-order valence-electron chi connectivity index (χ0n) is 15.1. The van der Waals surface area contributed by atoms with E-state index >= 15 is 0 Å². The zero-order chi connectivity index (χ0) is 15.9. The van der Waals surface area contributed by atoms with E-state index in [9.17, 15) is 0 Å². The summed E-state index contributed by atoms with van der Waals surface area (Å²) in [5, 5.41) is 0.231. The predicted molar refractivity (Wildman–Crippen MR) is 92.4 cm³/mol. The Morgan fingerprint density at radius 2 is 1.25 bits per heavy atom. The minimum atomic E-state index is -1.77. The summed E-state index contributed by atoms with van der Waals surface area (Å²) >= 11 is 0. The van der Waals surface area contributed by atoms with Gasteiger partial charge in [-0.05, 0) is 54.1 Å². The topological polar surface area (TPSA) is 9.23 Å². The number of aryl methyl sites for hydroxylation is 2. The molecular weight excluding hydrogens is 260 g/mol. The SMILES string of the molecule is Cc1cc(C(C)(C)C)cc(C)c1O[Si](C)(C)C(C)(C)C. The van der Waals surface area contributed by atoms with E-state index in [4.69, 9.17) is 4.43 Å². The third kappa shape index (κ3) is 3.66. The lowest BCUT2D eigenvalue weighted by atomic mass is 9.85. The summed E-state index contributed by atoms with van der Waals surface area (Å²) in [4.78, 5) is 0. The van der Waals surface area contributed by atoms with Gasteiger partial charge in [0, 0.05) is 0 Å². The molecule has 0 aliphatic heterocycles. The second kappa shape index (κ2) is 5.21. The van der Waals surface area contributed by atoms with Gasteiger partial charge >= 0.3 is 0 Å². The summed E-state index contributed by atoms with van der Waals surface area (Å²) in [6, 6.07) is 4.57. The van der Waals surface area contributed by atoms with Crippen molar-refractivity contribution in [3.05, 3.63) is 28.8 Å². The van der Waals surface area contributed by atoms with Crippen LogP contribution in [0.25, 0.3) is 0 Å². The summed E-state index contributed by atoms with van der Waals surface area (Å²) in [6.07, 6.45) is 0. The summed E-state index contributed by atoms with van der Waals surface area (Å²) in [7, 11) is -1.77. The molecule has 20 heavy (non-hydrogen) atoms. The smallest absolute Gasteiger partial charge is 0.250 e. The molecule has 1 rings (SSSR count). The first-order valence-corrected chi connectivity index (χ1v) is 10.5. The molecule has 0 aromatic heterocycles. The number of hydrogen-bond acceptors (Lipinski definition) is 1. The van der Waals surface area contributed by atoms with E-state index in [0.29, 0.717) is 0 Å². The fourth-order valence-electron chi connectivity index (χ4n) is 1.95. The van der Waals surface area contributed by atoms with Crippen LogP contribution in [0.4, 0.5) is 0 Å². The molecular formula is C18H32OSi. The molecule has 0 aliphatic rings. The highest BCUT2D eigenvalue weighted by Gasteiger charge is 2.39. The quantitative estimate of drug-likeness (QED) is 0.609. The van der Waals surface area contributed by atoms with Crippen LogP contribution in [0.15, 0.2) is 12.1 Å². The van der Waals surface area contributed by atoms with Crippen LogP contribution in [-0.4, -0.2) is 8.32 Å². The Labute approximate surface area is 126 Å². The van der Waals surface area contributed by atoms with E-state index in [0.717, 1.165) is 5.75 Å². The lowest BCUT2D eigenvalue weighted by molar-refractivity contribution is 0.485. The van der Waals surface area contributed by atoms with E-state index in [-0.39, 0.29) is 10.5 Å². The maximum Gasteiger partial charge on any atom is 0.250 e. The molecule has 0 radical (unpaired) electrons. The van der Waals surface area contributed by atoms with Crippen molar-refractivity contribution in [2.24, 2.45) is 0 Å². The highest BCUT2D eigenvalue weighted by Crippen LogP contribution is 2.40. The van der Waals surface area contributed by atoms with Gasteiger partial charge in [0.15, 0.2) is 0 Å². The molecule has 2 heteroatoms. The first kappa shape index (κ1) is 17.3. The molecule has 0 unspecified atom stereocenters. The van der Waals surface area contributed by atoms with Crippen molar-refractivity contribution in [2.75, 3.05) is 0 Å².